The first kappa shape index (κ1) is 12.0. The smallest absolute Gasteiger partial charge is 0.204 e. The van der Waals surface area contributed by atoms with Gasteiger partial charge in [-0.3, -0.25) is 4.79 Å². The van der Waals surface area contributed by atoms with Crippen LogP contribution in [0.25, 0.3) is 0 Å². The van der Waals surface area contributed by atoms with Crippen LogP contribution in [0.2, 0.25) is 0 Å². The molecule has 0 aliphatic rings. The molecule has 0 radical (unpaired) electrons. The van der Waals surface area contributed by atoms with Crippen molar-refractivity contribution < 1.29 is 9.18 Å². The Balaban J connectivity index is 2.45. The van der Waals surface area contributed by atoms with Gasteiger partial charge in [0.15, 0.2) is 0 Å². The number of ketones is 1. The summed E-state index contributed by atoms with van der Waals surface area (Å²) < 4.78 is 14.4. The molecular weight excluding hydrogens is 359 g/mol. The van der Waals surface area contributed by atoms with E-state index >= 15 is 0 Å². The summed E-state index contributed by atoms with van der Waals surface area (Å²) in [6.45, 7) is 0. The molecule has 1 nitrogen and oxygen atoms in total. The fraction of sp³-hybridized carbons (Fsp3) is 0. The number of halogens is 3. The second kappa shape index (κ2) is 4.77. The Morgan fingerprint density at radius 3 is 2.56 bits per heavy atom. The zero-order chi connectivity index (χ0) is 11.7. The minimum Gasteiger partial charge on any atom is -0.288 e. The van der Waals surface area contributed by atoms with E-state index in [-0.39, 0.29) is 5.78 Å². The average molecular weight is 364 g/mol. The maximum absolute atomic E-state index is 13.1. The Kier molecular flexibility index (Phi) is 3.56. The molecule has 0 N–H and O–H groups in total. The molecule has 2 rings (SSSR count). The van der Waals surface area contributed by atoms with Crippen molar-refractivity contribution in [1.82, 2.24) is 0 Å². The van der Waals surface area contributed by atoms with E-state index < -0.39 is 5.82 Å². The summed E-state index contributed by atoms with van der Waals surface area (Å²) in [4.78, 5) is 12.6. The fourth-order valence-electron chi connectivity index (χ4n) is 1.27. The first-order valence-electron chi connectivity index (χ1n) is 4.31. The lowest BCUT2D eigenvalue weighted by atomic mass is 10.1. The third-order valence-corrected chi connectivity index (χ3v) is 4.24. The average Bonchev–Trinajstić information content (AvgIpc) is 2.62. The molecule has 16 heavy (non-hydrogen) atoms. The molecule has 0 bridgehead atoms. The van der Waals surface area contributed by atoms with Crippen LogP contribution in [0.15, 0.2) is 38.6 Å². The van der Waals surface area contributed by atoms with Gasteiger partial charge in [-0.2, -0.15) is 0 Å². The van der Waals surface area contributed by atoms with Gasteiger partial charge in [0.1, 0.15) is 5.82 Å². The fourth-order valence-corrected chi connectivity index (χ4v) is 3.25. The van der Waals surface area contributed by atoms with Gasteiger partial charge in [0.05, 0.1) is 4.88 Å². The molecule has 0 aliphatic carbocycles. The molecule has 0 saturated heterocycles. The van der Waals surface area contributed by atoms with Gasteiger partial charge in [-0.05, 0) is 45.6 Å². The quantitative estimate of drug-likeness (QED) is 0.710. The SMILES string of the molecule is O=C(c1cc(F)cc(Br)c1)c1sccc1Br. The molecule has 82 valence electrons. The topological polar surface area (TPSA) is 17.1 Å². The predicted octanol–water partition coefficient (Wildman–Crippen LogP) is 4.64. The van der Waals surface area contributed by atoms with Crippen molar-refractivity contribution in [2.75, 3.05) is 0 Å². The highest BCUT2D eigenvalue weighted by molar-refractivity contribution is 9.10. The molecule has 2 aromatic rings. The van der Waals surface area contributed by atoms with Crippen LogP contribution in [0, 0.1) is 5.82 Å². The van der Waals surface area contributed by atoms with E-state index in [0.717, 1.165) is 4.47 Å². The number of rotatable bonds is 2. The van der Waals surface area contributed by atoms with Crippen LogP contribution in [0.4, 0.5) is 4.39 Å². The van der Waals surface area contributed by atoms with Gasteiger partial charge in [0, 0.05) is 14.5 Å². The number of carbonyl (C=O) groups is 1. The third kappa shape index (κ3) is 2.42. The van der Waals surface area contributed by atoms with Crippen molar-refractivity contribution in [3.63, 3.8) is 0 Å². The standard InChI is InChI=1S/C11H5Br2FOS/c12-7-3-6(4-8(14)5-7)10(15)11-9(13)1-2-16-11/h1-5H. The molecule has 0 saturated carbocycles. The van der Waals surface area contributed by atoms with Crippen molar-refractivity contribution in [3.05, 3.63) is 54.8 Å². The Bertz CT molecular complexity index is 530. The van der Waals surface area contributed by atoms with E-state index in [1.165, 1.54) is 23.5 Å². The molecule has 0 aliphatic heterocycles. The van der Waals surface area contributed by atoms with E-state index in [1.54, 1.807) is 12.1 Å². The van der Waals surface area contributed by atoms with Crippen LogP contribution in [0.3, 0.4) is 0 Å². The summed E-state index contributed by atoms with van der Waals surface area (Å²) in [6.07, 6.45) is 0. The van der Waals surface area contributed by atoms with Crippen molar-refractivity contribution in [1.29, 1.82) is 0 Å². The van der Waals surface area contributed by atoms with E-state index in [9.17, 15) is 9.18 Å². The summed E-state index contributed by atoms with van der Waals surface area (Å²) >= 11 is 7.78. The van der Waals surface area contributed by atoms with Gasteiger partial charge in [-0.25, -0.2) is 4.39 Å². The zero-order valence-corrected chi connectivity index (χ0v) is 11.8. The molecule has 5 heteroatoms. The second-order valence-corrected chi connectivity index (χ2v) is 5.77. The summed E-state index contributed by atoms with van der Waals surface area (Å²) in [5, 5.41) is 1.81. The largest absolute Gasteiger partial charge is 0.288 e. The molecular formula is C11H5Br2FOS. The lowest BCUT2D eigenvalue weighted by molar-refractivity contribution is 0.104. The first-order chi connectivity index (χ1) is 7.58. The third-order valence-electron chi connectivity index (χ3n) is 1.95. The molecule has 0 fully saturated rings. The van der Waals surface area contributed by atoms with Crippen LogP contribution in [-0.2, 0) is 0 Å². The molecule has 1 aromatic carbocycles. The second-order valence-electron chi connectivity index (χ2n) is 3.08. The highest BCUT2D eigenvalue weighted by atomic mass is 79.9. The minimum atomic E-state index is -0.426. The maximum atomic E-state index is 13.1. The lowest BCUT2D eigenvalue weighted by Crippen LogP contribution is -2.00. The Hall–Kier alpha value is -0.520. The van der Waals surface area contributed by atoms with Crippen molar-refractivity contribution >= 4 is 49.0 Å². The number of thiophene rings is 1. The van der Waals surface area contributed by atoms with Gasteiger partial charge < -0.3 is 0 Å². The summed E-state index contributed by atoms with van der Waals surface area (Å²) in [5.74, 6) is -0.604. The van der Waals surface area contributed by atoms with Gasteiger partial charge >= 0.3 is 0 Å². The number of hydrogen-bond donors (Lipinski definition) is 0. The van der Waals surface area contributed by atoms with Crippen molar-refractivity contribution in [2.45, 2.75) is 0 Å². The Labute approximate surface area is 113 Å². The van der Waals surface area contributed by atoms with Crippen LogP contribution < -0.4 is 0 Å². The first-order valence-corrected chi connectivity index (χ1v) is 6.78. The lowest BCUT2D eigenvalue weighted by Gasteiger charge is -2.01. The van der Waals surface area contributed by atoms with Crippen LogP contribution in [0.1, 0.15) is 15.2 Å². The number of benzene rings is 1. The van der Waals surface area contributed by atoms with Crippen molar-refractivity contribution in [2.24, 2.45) is 0 Å². The molecule has 1 heterocycles. The number of carbonyl (C=O) groups excluding carboxylic acids is 1. The predicted molar refractivity (Wildman–Crippen MR) is 69.6 cm³/mol. The minimum absolute atomic E-state index is 0.179. The van der Waals surface area contributed by atoms with Crippen molar-refractivity contribution in [3.8, 4) is 0 Å². The van der Waals surface area contributed by atoms with Crippen LogP contribution in [0.5, 0.6) is 0 Å². The highest BCUT2D eigenvalue weighted by Crippen LogP contribution is 2.26. The monoisotopic (exact) mass is 362 g/mol. The Morgan fingerprint density at radius 1 is 1.25 bits per heavy atom. The molecule has 1 aromatic heterocycles. The van der Waals surface area contributed by atoms with Gasteiger partial charge in [0.2, 0.25) is 5.78 Å². The summed E-state index contributed by atoms with van der Waals surface area (Å²) in [6, 6.07) is 5.96. The number of hydrogen-bond acceptors (Lipinski definition) is 2. The molecule has 0 atom stereocenters. The van der Waals surface area contributed by atoms with E-state index in [4.69, 9.17) is 0 Å². The zero-order valence-electron chi connectivity index (χ0n) is 7.84. The van der Waals surface area contributed by atoms with E-state index in [1.807, 2.05) is 5.38 Å². The molecule has 0 spiro atoms. The summed E-state index contributed by atoms with van der Waals surface area (Å²) in [5.41, 5.74) is 0.343. The molecule has 0 amide bonds. The van der Waals surface area contributed by atoms with Gasteiger partial charge in [0.25, 0.3) is 0 Å². The molecule has 0 unspecified atom stereocenters. The highest BCUT2D eigenvalue weighted by Gasteiger charge is 2.15. The van der Waals surface area contributed by atoms with E-state index in [0.29, 0.717) is 14.9 Å². The van der Waals surface area contributed by atoms with Gasteiger partial charge in [-0.15, -0.1) is 11.3 Å². The Morgan fingerprint density at radius 2 is 2.00 bits per heavy atom. The van der Waals surface area contributed by atoms with E-state index in [2.05, 4.69) is 31.9 Å². The van der Waals surface area contributed by atoms with Gasteiger partial charge in [-0.1, -0.05) is 15.9 Å². The van der Waals surface area contributed by atoms with Crippen LogP contribution in [-0.4, -0.2) is 5.78 Å². The summed E-state index contributed by atoms with van der Waals surface area (Å²) in [7, 11) is 0. The van der Waals surface area contributed by atoms with Crippen LogP contribution >= 0.6 is 43.2 Å². The maximum Gasteiger partial charge on any atom is 0.204 e. The normalized spacial score (nSPS) is 10.4.